The lowest BCUT2D eigenvalue weighted by molar-refractivity contribution is 0.0912. The Morgan fingerprint density at radius 3 is 2.65 bits per heavy atom. The summed E-state index contributed by atoms with van der Waals surface area (Å²) in [6.07, 6.45) is 1.45. The highest BCUT2D eigenvalue weighted by atomic mass is 16.4. The number of hydrogen-bond acceptors (Lipinski definition) is 4. The molecule has 1 N–H and O–H groups in total. The fourth-order valence-electron chi connectivity index (χ4n) is 1.71. The monoisotopic (exact) mass is 273 g/mol. The highest BCUT2D eigenvalue weighted by Gasteiger charge is 2.14. The Bertz CT molecular complexity index is 549. The van der Waals surface area contributed by atoms with Crippen molar-refractivity contribution in [1.82, 2.24) is 15.5 Å². The van der Waals surface area contributed by atoms with Crippen molar-refractivity contribution in [3.63, 3.8) is 0 Å². The Morgan fingerprint density at radius 2 is 1.95 bits per heavy atom. The second kappa shape index (κ2) is 6.84. The number of nitrogens with zero attached hydrogens (tertiary/aromatic N) is 2. The zero-order valence-corrected chi connectivity index (χ0v) is 11.8. The summed E-state index contributed by atoms with van der Waals surface area (Å²) in [4.78, 5) is 11.7. The van der Waals surface area contributed by atoms with Crippen LogP contribution in [0.5, 0.6) is 0 Å². The Labute approximate surface area is 118 Å². The number of aryl methyl sites for hydroxylation is 2. The van der Waals surface area contributed by atoms with Crippen LogP contribution in [0.2, 0.25) is 0 Å². The average Bonchev–Trinajstić information content (AvgIpc) is 2.92. The van der Waals surface area contributed by atoms with Crippen LogP contribution in [0.4, 0.5) is 0 Å². The van der Waals surface area contributed by atoms with E-state index in [1.165, 1.54) is 5.56 Å². The van der Waals surface area contributed by atoms with Crippen LogP contribution in [0.3, 0.4) is 0 Å². The molecule has 5 heteroatoms. The van der Waals surface area contributed by atoms with E-state index in [9.17, 15) is 4.79 Å². The van der Waals surface area contributed by atoms with Gasteiger partial charge in [0.1, 0.15) is 0 Å². The molecule has 0 aliphatic rings. The first-order valence-corrected chi connectivity index (χ1v) is 6.79. The SMILES string of the molecule is CC(C)CNC(=O)c1nnc(CCc2ccccc2)o1. The number of hydrogen-bond donors (Lipinski definition) is 1. The van der Waals surface area contributed by atoms with Crippen molar-refractivity contribution in [2.45, 2.75) is 26.7 Å². The first kappa shape index (κ1) is 14.2. The molecule has 2 aromatic rings. The predicted octanol–water partition coefficient (Wildman–Crippen LogP) is 2.24. The molecule has 106 valence electrons. The summed E-state index contributed by atoms with van der Waals surface area (Å²) in [6.45, 7) is 4.65. The Kier molecular flexibility index (Phi) is 4.87. The number of rotatable bonds is 6. The number of benzene rings is 1. The molecule has 0 bridgehead atoms. The third kappa shape index (κ3) is 4.19. The van der Waals surface area contributed by atoms with Crippen molar-refractivity contribution in [2.24, 2.45) is 5.92 Å². The van der Waals surface area contributed by atoms with E-state index in [4.69, 9.17) is 4.42 Å². The van der Waals surface area contributed by atoms with Gasteiger partial charge in [-0.15, -0.1) is 10.2 Å². The minimum Gasteiger partial charge on any atom is -0.417 e. The summed E-state index contributed by atoms with van der Waals surface area (Å²) in [5, 5.41) is 10.4. The topological polar surface area (TPSA) is 68.0 Å². The molecule has 0 fully saturated rings. The third-order valence-electron chi connectivity index (χ3n) is 2.80. The van der Waals surface area contributed by atoms with Crippen LogP contribution < -0.4 is 5.32 Å². The van der Waals surface area contributed by atoms with Gasteiger partial charge in [-0.05, 0) is 17.9 Å². The molecular weight excluding hydrogens is 254 g/mol. The van der Waals surface area contributed by atoms with E-state index in [2.05, 4.69) is 15.5 Å². The zero-order valence-electron chi connectivity index (χ0n) is 11.8. The molecule has 0 aliphatic heterocycles. The molecule has 1 heterocycles. The van der Waals surface area contributed by atoms with Crippen LogP contribution in [0.25, 0.3) is 0 Å². The minimum absolute atomic E-state index is 0.0358. The quantitative estimate of drug-likeness (QED) is 0.876. The number of nitrogens with one attached hydrogen (secondary N) is 1. The van der Waals surface area contributed by atoms with Crippen LogP contribution in [0.15, 0.2) is 34.7 Å². The molecule has 0 spiro atoms. The van der Waals surface area contributed by atoms with Gasteiger partial charge in [0.2, 0.25) is 5.89 Å². The molecule has 0 saturated carbocycles. The largest absolute Gasteiger partial charge is 0.417 e. The fourth-order valence-corrected chi connectivity index (χ4v) is 1.71. The number of carbonyl (C=O) groups is 1. The average molecular weight is 273 g/mol. The summed E-state index contributed by atoms with van der Waals surface area (Å²) in [5.41, 5.74) is 1.21. The maximum absolute atomic E-state index is 11.7. The summed E-state index contributed by atoms with van der Waals surface area (Å²) >= 11 is 0. The second-order valence-corrected chi connectivity index (χ2v) is 5.09. The fraction of sp³-hybridized carbons (Fsp3) is 0.400. The molecule has 1 aromatic carbocycles. The van der Waals surface area contributed by atoms with Gasteiger partial charge in [0, 0.05) is 13.0 Å². The van der Waals surface area contributed by atoms with Crippen LogP contribution in [-0.4, -0.2) is 22.6 Å². The molecule has 0 unspecified atom stereocenters. The molecule has 0 saturated heterocycles. The first-order chi connectivity index (χ1) is 9.65. The van der Waals surface area contributed by atoms with Crippen LogP contribution in [-0.2, 0) is 12.8 Å². The van der Waals surface area contributed by atoms with Gasteiger partial charge in [0.05, 0.1) is 0 Å². The van der Waals surface area contributed by atoms with Crippen molar-refractivity contribution in [1.29, 1.82) is 0 Å². The summed E-state index contributed by atoms with van der Waals surface area (Å²) in [6, 6.07) is 10.1. The molecule has 20 heavy (non-hydrogen) atoms. The minimum atomic E-state index is -0.308. The lowest BCUT2D eigenvalue weighted by Gasteiger charge is -2.04. The lowest BCUT2D eigenvalue weighted by atomic mass is 10.1. The molecule has 5 nitrogen and oxygen atoms in total. The van der Waals surface area contributed by atoms with Gasteiger partial charge < -0.3 is 9.73 Å². The van der Waals surface area contributed by atoms with E-state index in [0.29, 0.717) is 24.8 Å². The normalized spacial score (nSPS) is 10.8. The maximum atomic E-state index is 11.7. The Morgan fingerprint density at radius 1 is 1.20 bits per heavy atom. The van der Waals surface area contributed by atoms with E-state index < -0.39 is 0 Å². The second-order valence-electron chi connectivity index (χ2n) is 5.09. The lowest BCUT2D eigenvalue weighted by Crippen LogP contribution is -2.27. The summed E-state index contributed by atoms with van der Waals surface area (Å²) < 4.78 is 5.37. The number of aromatic nitrogens is 2. The predicted molar refractivity (Wildman–Crippen MR) is 75.3 cm³/mol. The first-order valence-electron chi connectivity index (χ1n) is 6.79. The van der Waals surface area contributed by atoms with Crippen molar-refractivity contribution in [3.8, 4) is 0 Å². The highest BCUT2D eigenvalue weighted by Crippen LogP contribution is 2.06. The highest BCUT2D eigenvalue weighted by molar-refractivity contribution is 5.89. The third-order valence-corrected chi connectivity index (χ3v) is 2.80. The van der Waals surface area contributed by atoms with E-state index in [1.807, 2.05) is 44.2 Å². The Balaban J connectivity index is 1.87. The van der Waals surface area contributed by atoms with Crippen LogP contribution in [0.1, 0.15) is 36.0 Å². The molecule has 0 atom stereocenters. The number of amides is 1. The van der Waals surface area contributed by atoms with E-state index in [-0.39, 0.29) is 11.8 Å². The zero-order chi connectivity index (χ0) is 14.4. The van der Waals surface area contributed by atoms with E-state index >= 15 is 0 Å². The molecule has 1 aromatic heterocycles. The molecule has 1 amide bonds. The summed E-state index contributed by atoms with van der Waals surface area (Å²) in [5.74, 6) is 0.605. The van der Waals surface area contributed by atoms with Gasteiger partial charge in [0.25, 0.3) is 0 Å². The molecule has 0 radical (unpaired) electrons. The number of carbonyl (C=O) groups excluding carboxylic acids is 1. The summed E-state index contributed by atoms with van der Waals surface area (Å²) in [7, 11) is 0. The molecule has 0 aliphatic carbocycles. The van der Waals surface area contributed by atoms with Crippen molar-refractivity contribution < 1.29 is 9.21 Å². The molecule has 2 rings (SSSR count). The van der Waals surface area contributed by atoms with Gasteiger partial charge in [-0.2, -0.15) is 0 Å². The van der Waals surface area contributed by atoms with Crippen molar-refractivity contribution in [2.75, 3.05) is 6.54 Å². The van der Waals surface area contributed by atoms with Gasteiger partial charge in [-0.3, -0.25) is 4.79 Å². The smallest absolute Gasteiger partial charge is 0.308 e. The standard InChI is InChI=1S/C15H19N3O2/c1-11(2)10-16-14(19)15-18-17-13(20-15)9-8-12-6-4-3-5-7-12/h3-7,11H,8-10H2,1-2H3,(H,16,19). The maximum Gasteiger partial charge on any atom is 0.308 e. The van der Waals surface area contributed by atoms with Gasteiger partial charge in [-0.1, -0.05) is 44.2 Å². The van der Waals surface area contributed by atoms with Crippen molar-refractivity contribution >= 4 is 5.91 Å². The van der Waals surface area contributed by atoms with E-state index in [1.54, 1.807) is 0 Å². The Hall–Kier alpha value is -2.17. The molecular formula is C15H19N3O2. The van der Waals surface area contributed by atoms with Gasteiger partial charge in [0.15, 0.2) is 0 Å². The van der Waals surface area contributed by atoms with Gasteiger partial charge in [-0.25, -0.2) is 0 Å². The van der Waals surface area contributed by atoms with Crippen LogP contribution >= 0.6 is 0 Å². The van der Waals surface area contributed by atoms with Crippen molar-refractivity contribution in [3.05, 3.63) is 47.7 Å². The van der Waals surface area contributed by atoms with Gasteiger partial charge >= 0.3 is 11.8 Å². The van der Waals surface area contributed by atoms with E-state index in [0.717, 1.165) is 6.42 Å². The van der Waals surface area contributed by atoms with Crippen LogP contribution in [0, 0.1) is 5.92 Å².